The molecule has 31 heavy (non-hydrogen) atoms. The molecule has 1 aliphatic rings. The van der Waals surface area contributed by atoms with Crippen molar-refractivity contribution in [2.24, 2.45) is 0 Å². The number of rotatable bonds is 19. The lowest BCUT2D eigenvalue weighted by molar-refractivity contribution is -0.147. The molecule has 0 aromatic heterocycles. The van der Waals surface area contributed by atoms with Crippen LogP contribution in [0.1, 0.15) is 96.3 Å². The van der Waals surface area contributed by atoms with Gasteiger partial charge in [0.2, 0.25) is 5.76 Å². The maximum atomic E-state index is 11.5. The molecule has 0 fully saturated rings. The molecule has 7 nitrogen and oxygen atoms in total. The summed E-state index contributed by atoms with van der Waals surface area (Å²) in [4.78, 5) is 21.9. The molecule has 0 bridgehead atoms. The fourth-order valence-corrected chi connectivity index (χ4v) is 3.76. The van der Waals surface area contributed by atoms with Crippen LogP contribution in [0.5, 0.6) is 0 Å². The first-order valence-electron chi connectivity index (χ1n) is 11.8. The van der Waals surface area contributed by atoms with E-state index in [-0.39, 0.29) is 6.42 Å². The first-order valence-corrected chi connectivity index (χ1v) is 11.8. The molecular formula is C24H40O7. The predicted octanol–water partition coefficient (Wildman–Crippen LogP) is 4.57. The van der Waals surface area contributed by atoms with E-state index >= 15 is 0 Å². The normalized spacial score (nSPS) is 17.5. The van der Waals surface area contributed by atoms with Gasteiger partial charge in [0.15, 0.2) is 6.10 Å². The van der Waals surface area contributed by atoms with Crippen LogP contribution in [0.15, 0.2) is 23.5 Å². The smallest absolute Gasteiger partial charge is 0.374 e. The molecule has 0 radical (unpaired) electrons. The largest absolute Gasteiger partial charge is 0.502 e. The number of carboxylic acids is 1. The Hall–Kier alpha value is -1.86. The molecule has 0 unspecified atom stereocenters. The highest BCUT2D eigenvalue weighted by Crippen LogP contribution is 2.28. The molecule has 178 valence electrons. The second kappa shape index (κ2) is 16.8. The van der Waals surface area contributed by atoms with Gasteiger partial charge in [-0.3, -0.25) is 4.79 Å². The Labute approximate surface area is 185 Å². The highest BCUT2D eigenvalue weighted by molar-refractivity contribution is 5.89. The fourth-order valence-electron chi connectivity index (χ4n) is 3.76. The van der Waals surface area contributed by atoms with Crippen LogP contribution in [0.4, 0.5) is 0 Å². The monoisotopic (exact) mass is 440 g/mol. The molecule has 2 atom stereocenters. The maximum Gasteiger partial charge on any atom is 0.374 e. The molecule has 0 aromatic carbocycles. The third-order valence-electron chi connectivity index (χ3n) is 5.61. The van der Waals surface area contributed by atoms with Crippen LogP contribution in [-0.4, -0.2) is 51.2 Å². The number of cyclic esters (lactones) is 1. The summed E-state index contributed by atoms with van der Waals surface area (Å²) >= 11 is 0. The summed E-state index contributed by atoms with van der Waals surface area (Å²) in [5.41, 5.74) is 0.400. The van der Waals surface area contributed by atoms with Crippen molar-refractivity contribution in [3.8, 4) is 0 Å². The molecule has 1 rings (SSSR count). The van der Waals surface area contributed by atoms with Gasteiger partial charge in [0.1, 0.15) is 6.10 Å². The molecule has 1 heterocycles. The van der Waals surface area contributed by atoms with Crippen LogP contribution < -0.4 is 0 Å². The van der Waals surface area contributed by atoms with Crippen LogP contribution in [0.2, 0.25) is 0 Å². The average Bonchev–Trinajstić information content (AvgIpc) is 3.03. The van der Waals surface area contributed by atoms with Gasteiger partial charge in [0.05, 0.1) is 6.61 Å². The van der Waals surface area contributed by atoms with Gasteiger partial charge in [-0.25, -0.2) is 4.79 Å². The molecule has 0 saturated heterocycles. The second-order valence-electron chi connectivity index (χ2n) is 8.28. The number of aliphatic hydroxyl groups excluding tert-OH is 3. The maximum absolute atomic E-state index is 11.5. The Morgan fingerprint density at radius 3 is 1.97 bits per heavy atom. The summed E-state index contributed by atoms with van der Waals surface area (Å²) in [7, 11) is 0. The number of hydrogen-bond donors (Lipinski definition) is 4. The van der Waals surface area contributed by atoms with E-state index in [0.717, 1.165) is 57.8 Å². The minimum atomic E-state index is -1.19. The highest BCUT2D eigenvalue weighted by Gasteiger charge is 2.37. The van der Waals surface area contributed by atoms with Gasteiger partial charge < -0.3 is 25.2 Å². The molecular weight excluding hydrogens is 400 g/mol. The van der Waals surface area contributed by atoms with Gasteiger partial charge in [-0.05, 0) is 44.9 Å². The number of esters is 1. The Balaban J connectivity index is 1.95. The van der Waals surface area contributed by atoms with Gasteiger partial charge in [0, 0.05) is 12.0 Å². The van der Waals surface area contributed by atoms with Gasteiger partial charge in [0.25, 0.3) is 0 Å². The summed E-state index contributed by atoms with van der Waals surface area (Å²) in [6.45, 7) is -0.516. The summed E-state index contributed by atoms with van der Waals surface area (Å²) in [6, 6.07) is 0. The van der Waals surface area contributed by atoms with E-state index in [2.05, 4.69) is 12.2 Å². The van der Waals surface area contributed by atoms with Gasteiger partial charge >= 0.3 is 11.9 Å². The van der Waals surface area contributed by atoms with Crippen molar-refractivity contribution >= 4 is 11.9 Å². The van der Waals surface area contributed by atoms with Crippen LogP contribution >= 0.6 is 0 Å². The number of carbonyl (C=O) groups excluding carboxylic acids is 1. The van der Waals surface area contributed by atoms with Crippen molar-refractivity contribution in [3.05, 3.63) is 23.5 Å². The lowest BCUT2D eigenvalue weighted by Gasteiger charge is -2.18. The molecule has 0 aliphatic carbocycles. The molecule has 0 spiro atoms. The number of allylic oxidation sites excluding steroid dienone is 2. The third kappa shape index (κ3) is 11.9. The van der Waals surface area contributed by atoms with Crippen molar-refractivity contribution in [3.63, 3.8) is 0 Å². The summed E-state index contributed by atoms with van der Waals surface area (Å²) in [5, 5.41) is 37.1. The molecule has 1 aliphatic heterocycles. The van der Waals surface area contributed by atoms with Crippen molar-refractivity contribution in [1.82, 2.24) is 0 Å². The first-order chi connectivity index (χ1) is 15.0. The van der Waals surface area contributed by atoms with Gasteiger partial charge in [-0.15, -0.1) is 0 Å². The van der Waals surface area contributed by atoms with E-state index < -0.39 is 36.5 Å². The molecule has 4 N–H and O–H groups in total. The van der Waals surface area contributed by atoms with E-state index in [4.69, 9.17) is 14.9 Å². The van der Waals surface area contributed by atoms with E-state index in [9.17, 15) is 19.8 Å². The number of unbranched alkanes of at least 4 members (excludes halogenated alkanes) is 11. The Morgan fingerprint density at radius 1 is 0.903 bits per heavy atom. The molecule has 7 heteroatoms. The van der Waals surface area contributed by atoms with Crippen LogP contribution in [0.3, 0.4) is 0 Å². The average molecular weight is 441 g/mol. The van der Waals surface area contributed by atoms with E-state index in [1.807, 2.05) is 0 Å². The molecule has 0 amide bonds. The zero-order chi connectivity index (χ0) is 22.9. The van der Waals surface area contributed by atoms with E-state index in [1.54, 1.807) is 0 Å². The Kier molecular flexibility index (Phi) is 14.7. The third-order valence-corrected chi connectivity index (χ3v) is 5.61. The van der Waals surface area contributed by atoms with Crippen LogP contribution in [0.25, 0.3) is 0 Å². The lowest BCUT2D eigenvalue weighted by atomic mass is 9.98. The number of hydrogen-bond acceptors (Lipinski definition) is 6. The van der Waals surface area contributed by atoms with Crippen LogP contribution in [-0.2, 0) is 14.3 Å². The zero-order valence-corrected chi connectivity index (χ0v) is 18.6. The van der Waals surface area contributed by atoms with Crippen molar-refractivity contribution < 1.29 is 34.8 Å². The van der Waals surface area contributed by atoms with E-state index in [0.29, 0.717) is 12.0 Å². The Bertz CT molecular complexity index is 582. The summed E-state index contributed by atoms with van der Waals surface area (Å²) < 4.78 is 4.93. The van der Waals surface area contributed by atoms with Crippen LogP contribution in [0, 0.1) is 0 Å². The quantitative estimate of drug-likeness (QED) is 0.132. The summed E-state index contributed by atoms with van der Waals surface area (Å²) in [6.07, 6.45) is 17.0. The van der Waals surface area contributed by atoms with Gasteiger partial charge in [-0.1, -0.05) is 57.1 Å². The number of aliphatic carboxylic acids is 1. The van der Waals surface area contributed by atoms with Crippen molar-refractivity contribution in [2.75, 3.05) is 6.61 Å². The fraction of sp³-hybridized carbons (Fsp3) is 0.750. The number of aliphatic hydroxyl groups is 3. The van der Waals surface area contributed by atoms with Crippen molar-refractivity contribution in [1.29, 1.82) is 0 Å². The molecule has 0 saturated carbocycles. The number of carboxylic acid groups (broad SMARTS) is 1. The Morgan fingerprint density at radius 2 is 1.42 bits per heavy atom. The number of carbonyl (C=O) groups is 2. The first kappa shape index (κ1) is 27.2. The molecule has 0 aromatic rings. The van der Waals surface area contributed by atoms with Gasteiger partial charge in [-0.2, -0.15) is 0 Å². The lowest BCUT2D eigenvalue weighted by Crippen LogP contribution is -2.31. The predicted molar refractivity (Wildman–Crippen MR) is 119 cm³/mol. The minimum Gasteiger partial charge on any atom is -0.502 e. The summed E-state index contributed by atoms with van der Waals surface area (Å²) in [5.74, 6) is -1.94. The minimum absolute atomic E-state index is 0.284. The standard InChI is InChI=1S/C24H40O7/c25-18-20(26)23-19(22(29)24(30)31-23)16-14-12-10-8-6-4-2-1-3-5-7-9-11-13-15-17-21(27)28/h1,3,20,23,25-26,29H,2,4-18H2,(H,27,28)/b3-1-/t20-,23+/m0/s1. The SMILES string of the molecule is O=C(O)CCCCCCC/C=C\CCCCCCCCC1=C(O)C(=O)O[C@H]1[C@@H](O)CO. The zero-order valence-electron chi connectivity index (χ0n) is 18.6. The highest BCUT2D eigenvalue weighted by atomic mass is 16.6. The second-order valence-corrected chi connectivity index (χ2v) is 8.28. The van der Waals surface area contributed by atoms with Crippen molar-refractivity contribution in [2.45, 2.75) is 109 Å². The van der Waals surface area contributed by atoms with E-state index in [1.165, 1.54) is 25.7 Å². The number of ether oxygens (including phenoxy) is 1. The topological polar surface area (TPSA) is 124 Å².